The topological polar surface area (TPSA) is 27.6 Å². The molecule has 0 aromatic rings. The zero-order valence-corrected chi connectivity index (χ0v) is 11.1. The van der Waals surface area contributed by atoms with E-state index in [-0.39, 0.29) is 0 Å². The van der Waals surface area contributed by atoms with E-state index in [1.54, 1.807) is 0 Å². The Kier molecular flexibility index (Phi) is 5.47. The Balaban J connectivity index is 2.23. The van der Waals surface area contributed by atoms with Gasteiger partial charge in [0, 0.05) is 11.8 Å². The van der Waals surface area contributed by atoms with E-state index in [4.69, 9.17) is 0 Å². The van der Waals surface area contributed by atoms with Crippen molar-refractivity contribution in [2.75, 3.05) is 26.4 Å². The monoisotopic (exact) mass is 229 g/mol. The molecule has 0 spiro atoms. The summed E-state index contributed by atoms with van der Waals surface area (Å²) < 4.78 is 0. The Labute approximate surface area is 97.7 Å². The molecule has 3 nitrogen and oxygen atoms in total. The van der Waals surface area contributed by atoms with Crippen molar-refractivity contribution >= 4 is 16.9 Å². The van der Waals surface area contributed by atoms with Crippen molar-refractivity contribution in [3.05, 3.63) is 0 Å². The zero-order chi connectivity index (χ0) is 11.3. The fraction of sp³-hybridized carbons (Fsp3) is 0.909. The Hall–Kier alpha value is -0.220. The third-order valence-corrected chi connectivity index (χ3v) is 3.61. The molecule has 2 atom stereocenters. The summed E-state index contributed by atoms with van der Waals surface area (Å²) in [6.45, 7) is 5.56. The molecule has 0 aromatic carbocycles. The van der Waals surface area contributed by atoms with Gasteiger partial charge in [0.15, 0.2) is 5.17 Å². The second-order valence-corrected chi connectivity index (χ2v) is 5.45. The van der Waals surface area contributed by atoms with Crippen molar-refractivity contribution in [3.63, 3.8) is 0 Å². The van der Waals surface area contributed by atoms with Crippen molar-refractivity contribution < 1.29 is 0 Å². The minimum Gasteiger partial charge on any atom is -0.362 e. The number of aliphatic imine (C=N–C) groups is 1. The average Bonchev–Trinajstić information content (AvgIpc) is 2.62. The first kappa shape index (κ1) is 12.8. The fourth-order valence-electron chi connectivity index (χ4n) is 1.44. The summed E-state index contributed by atoms with van der Waals surface area (Å²) in [7, 11) is 4.23. The van der Waals surface area contributed by atoms with Crippen LogP contribution in [-0.2, 0) is 0 Å². The van der Waals surface area contributed by atoms with Crippen LogP contribution in [0, 0.1) is 0 Å². The summed E-state index contributed by atoms with van der Waals surface area (Å²) in [4.78, 5) is 6.85. The van der Waals surface area contributed by atoms with E-state index in [9.17, 15) is 0 Å². The summed E-state index contributed by atoms with van der Waals surface area (Å²) in [5.74, 6) is 1.15. The quantitative estimate of drug-likeness (QED) is 0.779. The molecule has 0 amide bonds. The molecule has 0 saturated heterocycles. The van der Waals surface area contributed by atoms with Crippen molar-refractivity contribution in [1.29, 1.82) is 0 Å². The predicted octanol–water partition coefficient (Wildman–Crippen LogP) is 1.80. The normalized spacial score (nSPS) is 23.0. The van der Waals surface area contributed by atoms with Crippen molar-refractivity contribution in [2.24, 2.45) is 4.99 Å². The van der Waals surface area contributed by atoms with Gasteiger partial charge in [-0.15, -0.1) is 0 Å². The molecule has 1 N–H and O–H groups in total. The van der Waals surface area contributed by atoms with Crippen LogP contribution in [0.25, 0.3) is 0 Å². The highest BCUT2D eigenvalue weighted by atomic mass is 32.2. The maximum Gasteiger partial charge on any atom is 0.157 e. The van der Waals surface area contributed by atoms with Gasteiger partial charge in [-0.05, 0) is 40.4 Å². The molecule has 0 saturated carbocycles. The highest BCUT2D eigenvalue weighted by Crippen LogP contribution is 2.18. The van der Waals surface area contributed by atoms with E-state index < -0.39 is 0 Å². The summed E-state index contributed by atoms with van der Waals surface area (Å²) in [6, 6.07) is 1.06. The van der Waals surface area contributed by atoms with Gasteiger partial charge in [0.1, 0.15) is 0 Å². The second kappa shape index (κ2) is 6.38. The second-order valence-electron chi connectivity index (χ2n) is 4.44. The number of hydrogen-bond acceptors (Lipinski definition) is 4. The maximum absolute atomic E-state index is 4.63. The third kappa shape index (κ3) is 4.89. The van der Waals surface area contributed by atoms with E-state index >= 15 is 0 Å². The minimum absolute atomic E-state index is 0.522. The van der Waals surface area contributed by atoms with Crippen LogP contribution >= 0.6 is 11.8 Å². The zero-order valence-electron chi connectivity index (χ0n) is 10.3. The molecular formula is C11H23N3S. The van der Waals surface area contributed by atoms with Crippen LogP contribution in [-0.4, -0.2) is 48.5 Å². The minimum atomic E-state index is 0.522. The number of amidine groups is 1. The number of nitrogens with zero attached hydrogens (tertiary/aromatic N) is 2. The molecule has 0 fully saturated rings. The first-order valence-electron chi connectivity index (χ1n) is 5.73. The lowest BCUT2D eigenvalue weighted by molar-refractivity contribution is 0.379. The van der Waals surface area contributed by atoms with Crippen LogP contribution in [0.4, 0.5) is 0 Å². The molecule has 1 rings (SSSR count). The largest absolute Gasteiger partial charge is 0.362 e. The number of thioether (sulfide) groups is 1. The van der Waals surface area contributed by atoms with E-state index in [2.05, 4.69) is 43.2 Å². The smallest absolute Gasteiger partial charge is 0.157 e. The van der Waals surface area contributed by atoms with Gasteiger partial charge in [-0.2, -0.15) is 0 Å². The lowest BCUT2D eigenvalue weighted by atomic mass is 10.2. The molecule has 0 radical (unpaired) electrons. The van der Waals surface area contributed by atoms with Gasteiger partial charge in [0.2, 0.25) is 0 Å². The van der Waals surface area contributed by atoms with E-state index in [0.717, 1.165) is 23.9 Å². The molecular weight excluding hydrogens is 206 g/mol. The molecule has 1 aliphatic rings. The van der Waals surface area contributed by atoms with Crippen molar-refractivity contribution in [1.82, 2.24) is 10.2 Å². The summed E-state index contributed by atoms with van der Waals surface area (Å²) in [6.07, 6.45) is 2.33. The molecule has 2 unspecified atom stereocenters. The molecule has 0 aliphatic carbocycles. The number of hydrogen-bond donors (Lipinski definition) is 1. The molecule has 0 aromatic heterocycles. The first-order chi connectivity index (χ1) is 7.11. The highest BCUT2D eigenvalue weighted by Gasteiger charge is 2.17. The van der Waals surface area contributed by atoms with Gasteiger partial charge in [-0.25, -0.2) is 0 Å². The van der Waals surface area contributed by atoms with Crippen molar-refractivity contribution in [2.45, 2.75) is 38.8 Å². The van der Waals surface area contributed by atoms with Gasteiger partial charge in [0.05, 0.1) is 6.04 Å². The van der Waals surface area contributed by atoms with E-state index in [1.165, 1.54) is 6.42 Å². The molecule has 1 heterocycles. The van der Waals surface area contributed by atoms with E-state index in [1.807, 2.05) is 11.8 Å². The van der Waals surface area contributed by atoms with Crippen LogP contribution in [0.15, 0.2) is 4.99 Å². The molecule has 88 valence electrons. The van der Waals surface area contributed by atoms with Gasteiger partial charge in [-0.3, -0.25) is 4.99 Å². The van der Waals surface area contributed by atoms with Gasteiger partial charge in [0.25, 0.3) is 0 Å². The van der Waals surface area contributed by atoms with Crippen LogP contribution in [0.1, 0.15) is 26.7 Å². The third-order valence-electron chi connectivity index (χ3n) is 2.56. The molecule has 15 heavy (non-hydrogen) atoms. The molecule has 0 bridgehead atoms. The maximum atomic E-state index is 4.63. The SMILES string of the molecule is CCC1CSC(NC(C)CCN(C)C)=N1. The van der Waals surface area contributed by atoms with Crippen LogP contribution in [0.2, 0.25) is 0 Å². The Bertz CT molecular complexity index is 216. The average molecular weight is 229 g/mol. The van der Waals surface area contributed by atoms with Gasteiger partial charge < -0.3 is 10.2 Å². The number of nitrogens with one attached hydrogen (secondary N) is 1. The number of rotatable bonds is 5. The Morgan fingerprint density at radius 2 is 2.33 bits per heavy atom. The Morgan fingerprint density at radius 1 is 1.60 bits per heavy atom. The predicted molar refractivity (Wildman–Crippen MR) is 69.7 cm³/mol. The summed E-state index contributed by atoms with van der Waals surface area (Å²) >= 11 is 1.86. The molecule has 4 heteroatoms. The lowest BCUT2D eigenvalue weighted by Crippen LogP contribution is -2.32. The highest BCUT2D eigenvalue weighted by molar-refractivity contribution is 8.14. The summed E-state index contributed by atoms with van der Waals surface area (Å²) in [5.41, 5.74) is 0. The van der Waals surface area contributed by atoms with Crippen molar-refractivity contribution in [3.8, 4) is 0 Å². The standard InChI is InChI=1S/C11H23N3S/c1-5-10-8-15-11(13-10)12-9(2)6-7-14(3)4/h9-10H,5-8H2,1-4H3,(H,12,13). The first-order valence-corrected chi connectivity index (χ1v) is 6.72. The Morgan fingerprint density at radius 3 is 2.87 bits per heavy atom. The van der Waals surface area contributed by atoms with Crippen LogP contribution in [0.3, 0.4) is 0 Å². The van der Waals surface area contributed by atoms with Gasteiger partial charge in [-0.1, -0.05) is 18.7 Å². The lowest BCUT2D eigenvalue weighted by Gasteiger charge is -2.17. The molecule has 1 aliphatic heterocycles. The van der Waals surface area contributed by atoms with E-state index in [0.29, 0.717) is 12.1 Å². The van der Waals surface area contributed by atoms with Gasteiger partial charge >= 0.3 is 0 Å². The van der Waals surface area contributed by atoms with Crippen LogP contribution < -0.4 is 5.32 Å². The summed E-state index contributed by atoms with van der Waals surface area (Å²) in [5, 5.41) is 4.63. The van der Waals surface area contributed by atoms with Crippen LogP contribution in [0.5, 0.6) is 0 Å². The fourth-order valence-corrected chi connectivity index (χ4v) is 2.61.